The van der Waals surface area contributed by atoms with E-state index in [4.69, 9.17) is 0 Å². The summed E-state index contributed by atoms with van der Waals surface area (Å²) >= 11 is 3.52. The number of halogens is 1. The first kappa shape index (κ1) is 14.9. The van der Waals surface area contributed by atoms with Crippen LogP contribution in [0.15, 0.2) is 41.0 Å². The van der Waals surface area contributed by atoms with Crippen molar-refractivity contribution in [1.29, 1.82) is 0 Å². The third-order valence-electron chi connectivity index (χ3n) is 5.08. The largest absolute Gasteiger partial charge is 0.334 e. The van der Waals surface area contributed by atoms with E-state index in [0.29, 0.717) is 24.2 Å². The summed E-state index contributed by atoms with van der Waals surface area (Å²) in [6, 6.07) is 10.6. The Morgan fingerprint density at radius 2 is 1.91 bits per heavy atom. The number of amides is 1. The minimum atomic E-state index is 0.0816. The molecule has 1 saturated carbocycles. The highest BCUT2D eigenvalue weighted by atomic mass is 79.9. The van der Waals surface area contributed by atoms with Gasteiger partial charge in [0.2, 0.25) is 0 Å². The Morgan fingerprint density at radius 3 is 2.57 bits per heavy atom. The molecule has 2 bridgehead atoms. The van der Waals surface area contributed by atoms with Gasteiger partial charge in [0.15, 0.2) is 5.69 Å². The van der Waals surface area contributed by atoms with Gasteiger partial charge in [-0.15, -0.1) is 0 Å². The Morgan fingerprint density at radius 1 is 1.17 bits per heavy atom. The molecule has 3 fully saturated rings. The summed E-state index contributed by atoms with van der Waals surface area (Å²) in [5.41, 5.74) is 1.73. The van der Waals surface area contributed by atoms with Crippen molar-refractivity contribution in [1.82, 2.24) is 14.7 Å². The summed E-state index contributed by atoms with van der Waals surface area (Å²) in [4.78, 5) is 14.9. The molecule has 2 aromatic rings. The molecule has 4 nitrogen and oxygen atoms in total. The standard InChI is InChI=1S/C18H20BrN3O/c19-16-12-21(10-13-4-2-1-3-5-13)20-17(16)18(23)22-11-14-6-8-15(22)9-7-14/h1-5,12,14-15H,6-11H2. The van der Waals surface area contributed by atoms with Gasteiger partial charge < -0.3 is 4.90 Å². The number of carbonyl (C=O) groups is 1. The number of nitrogens with zero attached hydrogens (tertiary/aromatic N) is 3. The Hall–Kier alpha value is -1.62. The zero-order valence-electron chi connectivity index (χ0n) is 13.0. The Balaban J connectivity index is 1.54. The van der Waals surface area contributed by atoms with E-state index in [-0.39, 0.29) is 5.91 Å². The highest BCUT2D eigenvalue weighted by Gasteiger charge is 2.37. The summed E-state index contributed by atoms with van der Waals surface area (Å²) in [6.45, 7) is 1.58. The topological polar surface area (TPSA) is 38.1 Å². The fourth-order valence-corrected chi connectivity index (χ4v) is 4.33. The molecular formula is C18H20BrN3O. The summed E-state index contributed by atoms with van der Waals surface area (Å²) in [6.07, 6.45) is 6.76. The van der Waals surface area contributed by atoms with Gasteiger partial charge in [0.1, 0.15) is 0 Å². The average Bonchev–Trinajstić information content (AvgIpc) is 2.96. The van der Waals surface area contributed by atoms with Crippen LogP contribution >= 0.6 is 15.9 Å². The molecule has 0 unspecified atom stereocenters. The fourth-order valence-electron chi connectivity index (χ4n) is 3.84. The van der Waals surface area contributed by atoms with Crippen molar-refractivity contribution in [2.24, 2.45) is 5.92 Å². The Bertz CT molecular complexity index is 704. The fraction of sp³-hybridized carbons (Fsp3) is 0.444. The van der Waals surface area contributed by atoms with E-state index in [1.807, 2.05) is 29.1 Å². The Kier molecular flexibility index (Phi) is 3.97. The molecule has 2 saturated heterocycles. The van der Waals surface area contributed by atoms with Gasteiger partial charge in [0.05, 0.1) is 11.0 Å². The highest BCUT2D eigenvalue weighted by molar-refractivity contribution is 9.10. The van der Waals surface area contributed by atoms with Crippen LogP contribution in [-0.2, 0) is 6.54 Å². The van der Waals surface area contributed by atoms with Gasteiger partial charge in [-0.3, -0.25) is 9.48 Å². The quantitative estimate of drug-likeness (QED) is 0.822. The molecule has 2 aliphatic heterocycles. The lowest BCUT2D eigenvalue weighted by atomic mass is 9.80. The van der Waals surface area contributed by atoms with E-state index in [2.05, 4.69) is 38.1 Å². The van der Waals surface area contributed by atoms with Crippen LogP contribution in [-0.4, -0.2) is 33.2 Å². The molecule has 5 rings (SSSR count). The summed E-state index contributed by atoms with van der Waals surface area (Å²) in [5, 5.41) is 4.54. The number of hydrogen-bond acceptors (Lipinski definition) is 2. The highest BCUT2D eigenvalue weighted by Crippen LogP contribution is 2.36. The molecule has 0 spiro atoms. The minimum Gasteiger partial charge on any atom is -0.334 e. The van der Waals surface area contributed by atoms with E-state index in [9.17, 15) is 4.79 Å². The van der Waals surface area contributed by atoms with Crippen LogP contribution in [0.4, 0.5) is 0 Å². The monoisotopic (exact) mass is 373 g/mol. The summed E-state index contributed by atoms with van der Waals surface area (Å²) < 4.78 is 2.63. The molecule has 0 N–H and O–H groups in total. The van der Waals surface area contributed by atoms with Gasteiger partial charge in [-0.25, -0.2) is 0 Å². The van der Waals surface area contributed by atoms with Crippen LogP contribution in [0.5, 0.6) is 0 Å². The van der Waals surface area contributed by atoms with E-state index >= 15 is 0 Å². The number of benzene rings is 1. The number of fused-ring (bicyclic) bond motifs is 3. The third-order valence-corrected chi connectivity index (χ3v) is 5.66. The first-order chi connectivity index (χ1) is 11.2. The maximum Gasteiger partial charge on any atom is 0.275 e. The van der Waals surface area contributed by atoms with Crippen molar-refractivity contribution in [2.45, 2.75) is 38.3 Å². The van der Waals surface area contributed by atoms with Crippen LogP contribution in [0.2, 0.25) is 0 Å². The molecule has 120 valence electrons. The molecule has 0 atom stereocenters. The average molecular weight is 374 g/mol. The second-order valence-electron chi connectivity index (χ2n) is 6.64. The minimum absolute atomic E-state index is 0.0816. The first-order valence-corrected chi connectivity index (χ1v) is 9.08. The van der Waals surface area contributed by atoms with E-state index in [1.54, 1.807) is 0 Å². The van der Waals surface area contributed by atoms with Crippen molar-refractivity contribution < 1.29 is 4.79 Å². The van der Waals surface area contributed by atoms with Crippen molar-refractivity contribution in [3.8, 4) is 0 Å². The number of carbonyl (C=O) groups excluding carboxylic acids is 1. The normalized spacial score (nSPS) is 23.3. The molecule has 1 amide bonds. The number of piperidine rings is 2. The first-order valence-electron chi connectivity index (χ1n) is 8.28. The van der Waals surface area contributed by atoms with Crippen molar-refractivity contribution in [3.63, 3.8) is 0 Å². The lowest BCUT2D eigenvalue weighted by molar-refractivity contribution is 0.0326. The smallest absolute Gasteiger partial charge is 0.275 e. The second-order valence-corrected chi connectivity index (χ2v) is 7.50. The molecule has 1 aliphatic carbocycles. The van der Waals surface area contributed by atoms with Crippen LogP contribution < -0.4 is 0 Å². The third kappa shape index (κ3) is 2.94. The molecule has 3 aliphatic rings. The number of hydrogen-bond donors (Lipinski definition) is 0. The second kappa shape index (κ2) is 6.11. The molecule has 0 radical (unpaired) electrons. The number of aromatic nitrogens is 2. The lowest BCUT2D eigenvalue weighted by Gasteiger charge is -2.45. The van der Waals surface area contributed by atoms with E-state index in [1.165, 1.54) is 18.4 Å². The lowest BCUT2D eigenvalue weighted by Crippen LogP contribution is -2.51. The van der Waals surface area contributed by atoms with Crippen molar-refractivity contribution in [3.05, 3.63) is 52.3 Å². The van der Waals surface area contributed by atoms with E-state index < -0.39 is 0 Å². The van der Waals surface area contributed by atoms with Gasteiger partial charge >= 0.3 is 0 Å². The van der Waals surface area contributed by atoms with Gasteiger partial charge in [0, 0.05) is 18.8 Å². The van der Waals surface area contributed by atoms with Crippen LogP contribution in [0.25, 0.3) is 0 Å². The summed E-state index contributed by atoms with van der Waals surface area (Å²) in [5.74, 6) is 0.771. The zero-order valence-corrected chi connectivity index (χ0v) is 14.6. The van der Waals surface area contributed by atoms with Gasteiger partial charge in [-0.05, 0) is 53.1 Å². The van der Waals surface area contributed by atoms with Gasteiger partial charge in [-0.1, -0.05) is 30.3 Å². The summed E-state index contributed by atoms with van der Waals surface area (Å²) in [7, 11) is 0. The van der Waals surface area contributed by atoms with Crippen molar-refractivity contribution in [2.75, 3.05) is 6.54 Å². The SMILES string of the molecule is O=C(c1nn(Cc2ccccc2)cc1Br)N1CC2CCC1CC2. The maximum atomic E-state index is 12.9. The van der Waals surface area contributed by atoms with Crippen LogP contribution in [0, 0.1) is 5.92 Å². The van der Waals surface area contributed by atoms with E-state index in [0.717, 1.165) is 23.9 Å². The van der Waals surface area contributed by atoms with Crippen LogP contribution in [0.3, 0.4) is 0 Å². The molecule has 23 heavy (non-hydrogen) atoms. The predicted molar refractivity (Wildman–Crippen MR) is 92.3 cm³/mol. The van der Waals surface area contributed by atoms with Crippen LogP contribution in [0.1, 0.15) is 41.7 Å². The molecular weight excluding hydrogens is 354 g/mol. The zero-order chi connectivity index (χ0) is 15.8. The molecule has 1 aromatic heterocycles. The van der Waals surface area contributed by atoms with Crippen molar-refractivity contribution >= 4 is 21.8 Å². The van der Waals surface area contributed by atoms with Gasteiger partial charge in [0.25, 0.3) is 5.91 Å². The molecule has 1 aromatic carbocycles. The molecule has 3 heterocycles. The maximum absolute atomic E-state index is 12.9. The molecule has 5 heteroatoms. The predicted octanol–water partition coefficient (Wildman–Crippen LogP) is 3.71. The van der Waals surface area contributed by atoms with Gasteiger partial charge in [-0.2, -0.15) is 5.10 Å². The number of rotatable bonds is 3. The Labute approximate surface area is 144 Å².